The van der Waals surface area contributed by atoms with Crippen molar-refractivity contribution >= 4 is 5.91 Å². The quantitative estimate of drug-likeness (QED) is 0.786. The van der Waals surface area contributed by atoms with Crippen LogP contribution >= 0.6 is 0 Å². The molecule has 1 fully saturated rings. The Bertz CT molecular complexity index is 524. The Labute approximate surface area is 107 Å². The summed E-state index contributed by atoms with van der Waals surface area (Å²) in [6.45, 7) is 4.22. The van der Waals surface area contributed by atoms with Crippen LogP contribution in [0.3, 0.4) is 0 Å². The van der Waals surface area contributed by atoms with Gasteiger partial charge >= 0.3 is 0 Å². The molecule has 1 saturated heterocycles. The first-order valence-electron chi connectivity index (χ1n) is 6.24. The van der Waals surface area contributed by atoms with Crippen molar-refractivity contribution in [1.82, 2.24) is 15.8 Å². The number of carbonyl (C=O) groups excluding carboxylic acids is 1. The Kier molecular flexibility index (Phi) is 2.59. The molecule has 1 amide bonds. The highest BCUT2D eigenvalue weighted by molar-refractivity contribution is 5.84. The van der Waals surface area contributed by atoms with Crippen LogP contribution in [0.25, 0.3) is 0 Å². The van der Waals surface area contributed by atoms with Gasteiger partial charge in [0.1, 0.15) is 6.04 Å². The van der Waals surface area contributed by atoms with Crippen LogP contribution in [0.1, 0.15) is 29.2 Å². The molecule has 3 rings (SSSR count). The second-order valence-corrected chi connectivity index (χ2v) is 5.02. The predicted octanol–water partition coefficient (Wildman–Crippen LogP) is 1.52. The van der Waals surface area contributed by atoms with Crippen molar-refractivity contribution in [3.8, 4) is 0 Å². The monoisotopic (exact) mass is 243 g/mol. The van der Waals surface area contributed by atoms with E-state index in [0.29, 0.717) is 0 Å². The summed E-state index contributed by atoms with van der Waals surface area (Å²) in [4.78, 5) is 11.7. The molecule has 0 radical (unpaired) electrons. The van der Waals surface area contributed by atoms with Crippen LogP contribution in [-0.2, 0) is 4.79 Å². The van der Waals surface area contributed by atoms with Crippen molar-refractivity contribution in [3.63, 3.8) is 0 Å². The van der Waals surface area contributed by atoms with Crippen LogP contribution < -0.4 is 10.7 Å². The molecule has 0 aliphatic carbocycles. The summed E-state index contributed by atoms with van der Waals surface area (Å²) in [5, 5.41) is 4.65. The number of rotatable bonds is 1. The van der Waals surface area contributed by atoms with Gasteiger partial charge in [-0.3, -0.25) is 4.79 Å². The maximum atomic E-state index is 11.7. The second-order valence-electron chi connectivity index (χ2n) is 5.02. The number of benzene rings is 1. The van der Waals surface area contributed by atoms with Gasteiger partial charge in [0.05, 0.1) is 6.04 Å². The van der Waals surface area contributed by atoms with E-state index in [1.54, 1.807) is 6.20 Å². The molecule has 2 atom stereocenters. The van der Waals surface area contributed by atoms with E-state index >= 15 is 0 Å². The smallest absolute Gasteiger partial charge is 0.248 e. The fraction of sp³-hybridized carbons (Fsp3) is 0.357. The number of hydrogen-bond acceptors (Lipinski definition) is 3. The zero-order valence-electron chi connectivity index (χ0n) is 10.6. The Morgan fingerprint density at radius 2 is 2.17 bits per heavy atom. The van der Waals surface area contributed by atoms with E-state index in [0.717, 1.165) is 6.42 Å². The van der Waals surface area contributed by atoms with Crippen molar-refractivity contribution in [2.24, 2.45) is 0 Å². The maximum absolute atomic E-state index is 11.7. The summed E-state index contributed by atoms with van der Waals surface area (Å²) in [5.41, 5.74) is 7.20. The molecule has 2 unspecified atom stereocenters. The number of nitrogens with one attached hydrogen (secondary N) is 2. The van der Waals surface area contributed by atoms with E-state index < -0.39 is 0 Å². The highest BCUT2D eigenvalue weighted by Gasteiger charge is 2.37. The lowest BCUT2D eigenvalue weighted by Gasteiger charge is -2.24. The Balaban J connectivity index is 1.87. The Hall–Kier alpha value is -1.81. The lowest BCUT2D eigenvalue weighted by molar-refractivity contribution is -0.124. The second kappa shape index (κ2) is 4.14. The van der Waals surface area contributed by atoms with E-state index in [1.165, 1.54) is 16.7 Å². The Morgan fingerprint density at radius 1 is 1.33 bits per heavy atom. The summed E-state index contributed by atoms with van der Waals surface area (Å²) in [5.74, 6) is 0.0669. The van der Waals surface area contributed by atoms with Crippen molar-refractivity contribution in [3.05, 3.63) is 47.3 Å². The standard InChI is InChI=1S/C14H17N3O/c1-9-3-4-11(10(2)7-9)12-8-13-14(18)15-5-6-17(13)16-12/h3-7,12-13,16H,8H2,1-2H3,(H,15,18). The van der Waals surface area contributed by atoms with Crippen LogP contribution in [0.2, 0.25) is 0 Å². The first-order valence-corrected chi connectivity index (χ1v) is 6.24. The number of nitrogens with zero attached hydrogens (tertiary/aromatic N) is 1. The third-order valence-electron chi connectivity index (χ3n) is 3.66. The van der Waals surface area contributed by atoms with Gasteiger partial charge in [-0.25, -0.2) is 5.43 Å². The molecule has 2 aliphatic heterocycles. The van der Waals surface area contributed by atoms with Gasteiger partial charge in [0, 0.05) is 12.4 Å². The van der Waals surface area contributed by atoms with Gasteiger partial charge in [-0.1, -0.05) is 23.8 Å². The van der Waals surface area contributed by atoms with Gasteiger partial charge in [0.25, 0.3) is 0 Å². The molecular formula is C14H17N3O. The molecule has 0 bridgehead atoms. The molecule has 2 aliphatic rings. The average molecular weight is 243 g/mol. The molecule has 2 N–H and O–H groups in total. The van der Waals surface area contributed by atoms with E-state index in [-0.39, 0.29) is 18.0 Å². The number of fused-ring (bicyclic) bond motifs is 1. The minimum absolute atomic E-state index is 0.0669. The first-order chi connectivity index (χ1) is 8.65. The maximum Gasteiger partial charge on any atom is 0.248 e. The van der Waals surface area contributed by atoms with Gasteiger partial charge in [0.2, 0.25) is 5.91 Å². The molecular weight excluding hydrogens is 226 g/mol. The zero-order chi connectivity index (χ0) is 12.7. The molecule has 18 heavy (non-hydrogen) atoms. The summed E-state index contributed by atoms with van der Waals surface area (Å²) in [6, 6.07) is 6.58. The predicted molar refractivity (Wildman–Crippen MR) is 69.3 cm³/mol. The third-order valence-corrected chi connectivity index (χ3v) is 3.66. The largest absolute Gasteiger partial charge is 0.329 e. The Morgan fingerprint density at radius 3 is 2.89 bits per heavy atom. The third kappa shape index (κ3) is 1.78. The zero-order valence-corrected chi connectivity index (χ0v) is 10.6. The molecule has 0 spiro atoms. The van der Waals surface area contributed by atoms with Crippen LogP contribution in [0, 0.1) is 13.8 Å². The van der Waals surface area contributed by atoms with E-state index in [4.69, 9.17) is 0 Å². The number of aryl methyl sites for hydroxylation is 2. The molecule has 4 nitrogen and oxygen atoms in total. The molecule has 1 aromatic rings. The van der Waals surface area contributed by atoms with E-state index in [9.17, 15) is 4.79 Å². The molecule has 4 heteroatoms. The van der Waals surface area contributed by atoms with Crippen LogP contribution in [0.5, 0.6) is 0 Å². The van der Waals surface area contributed by atoms with E-state index in [2.05, 4.69) is 42.8 Å². The highest BCUT2D eigenvalue weighted by atomic mass is 16.2. The summed E-state index contributed by atoms with van der Waals surface area (Å²) in [6.07, 6.45) is 4.37. The van der Waals surface area contributed by atoms with Crippen molar-refractivity contribution in [1.29, 1.82) is 0 Å². The number of hydrazine groups is 1. The first kappa shape index (κ1) is 11.3. The van der Waals surface area contributed by atoms with Gasteiger partial charge in [-0.05, 0) is 31.4 Å². The molecule has 0 saturated carbocycles. The molecule has 0 aromatic heterocycles. The normalized spacial score (nSPS) is 26.1. The minimum Gasteiger partial charge on any atom is -0.329 e. The highest BCUT2D eigenvalue weighted by Crippen LogP contribution is 2.30. The van der Waals surface area contributed by atoms with Crippen LogP contribution in [0.4, 0.5) is 0 Å². The molecule has 2 heterocycles. The lowest BCUT2D eigenvalue weighted by Crippen LogP contribution is -2.45. The summed E-state index contributed by atoms with van der Waals surface area (Å²) < 4.78 is 0. The molecule has 1 aromatic carbocycles. The van der Waals surface area contributed by atoms with Crippen LogP contribution in [0.15, 0.2) is 30.6 Å². The fourth-order valence-corrected chi connectivity index (χ4v) is 2.75. The fourth-order valence-electron chi connectivity index (χ4n) is 2.75. The van der Waals surface area contributed by atoms with Crippen molar-refractivity contribution in [2.45, 2.75) is 32.4 Å². The summed E-state index contributed by atoms with van der Waals surface area (Å²) >= 11 is 0. The minimum atomic E-state index is -0.0966. The number of carbonyl (C=O) groups is 1. The van der Waals surface area contributed by atoms with Gasteiger partial charge in [-0.15, -0.1) is 0 Å². The number of hydrogen-bond donors (Lipinski definition) is 2. The topological polar surface area (TPSA) is 44.4 Å². The van der Waals surface area contributed by atoms with Gasteiger partial charge < -0.3 is 10.3 Å². The van der Waals surface area contributed by atoms with E-state index in [1.807, 2.05) is 11.2 Å². The van der Waals surface area contributed by atoms with Gasteiger partial charge in [-0.2, -0.15) is 0 Å². The van der Waals surface area contributed by atoms with Gasteiger partial charge in [0.15, 0.2) is 0 Å². The molecule has 94 valence electrons. The number of amides is 1. The average Bonchev–Trinajstić information content (AvgIpc) is 2.74. The summed E-state index contributed by atoms with van der Waals surface area (Å²) in [7, 11) is 0. The lowest BCUT2D eigenvalue weighted by atomic mass is 9.96. The van der Waals surface area contributed by atoms with Crippen LogP contribution in [-0.4, -0.2) is 17.0 Å². The van der Waals surface area contributed by atoms with Crippen molar-refractivity contribution in [2.75, 3.05) is 0 Å². The van der Waals surface area contributed by atoms with Crippen molar-refractivity contribution < 1.29 is 4.79 Å². The SMILES string of the molecule is Cc1ccc(C2CC3C(=O)NC=CN3N2)c(C)c1.